The molecule has 1 heterocycles. The smallest absolute Gasteiger partial charge is 0.126 e. The fraction of sp³-hybridized carbons (Fsp3) is 0.571. The van der Waals surface area contributed by atoms with Crippen LogP contribution >= 0.6 is 24.8 Å². The monoisotopic (exact) mass is 341 g/mol. The largest absolute Gasteiger partial charge is 0.314 e. The summed E-state index contributed by atoms with van der Waals surface area (Å²) in [5.74, 6) is -1.02. The van der Waals surface area contributed by atoms with E-state index in [1.807, 2.05) is 7.05 Å². The van der Waals surface area contributed by atoms with Gasteiger partial charge >= 0.3 is 0 Å². The van der Waals surface area contributed by atoms with Gasteiger partial charge in [-0.2, -0.15) is 0 Å². The summed E-state index contributed by atoms with van der Waals surface area (Å²) in [5.41, 5.74) is 0.681. The fourth-order valence-corrected chi connectivity index (χ4v) is 2.34. The van der Waals surface area contributed by atoms with Crippen LogP contribution in [0.15, 0.2) is 18.2 Å². The molecule has 122 valence electrons. The molecule has 1 aromatic rings. The Morgan fingerprint density at radius 1 is 1.10 bits per heavy atom. The number of nitrogens with one attached hydrogen (secondary N) is 1. The van der Waals surface area contributed by atoms with Crippen LogP contribution in [0.3, 0.4) is 0 Å². The zero-order valence-corrected chi connectivity index (χ0v) is 13.8. The molecule has 0 aliphatic carbocycles. The Balaban J connectivity index is 0.00000200. The van der Waals surface area contributed by atoms with Crippen molar-refractivity contribution in [3.8, 4) is 0 Å². The van der Waals surface area contributed by atoms with E-state index in [1.54, 1.807) is 0 Å². The minimum atomic E-state index is -0.509. The molecule has 1 N–H and O–H groups in total. The van der Waals surface area contributed by atoms with Crippen LogP contribution in [-0.2, 0) is 6.54 Å². The Kier molecular flexibility index (Phi) is 10.1. The SMILES string of the molecule is CN(CCN1CCNCC1)Cc1cc(F)cc(F)c1.Cl.Cl. The van der Waals surface area contributed by atoms with Gasteiger partial charge in [-0.15, -0.1) is 24.8 Å². The first-order valence-electron chi connectivity index (χ1n) is 6.70. The summed E-state index contributed by atoms with van der Waals surface area (Å²) in [6.07, 6.45) is 0. The summed E-state index contributed by atoms with van der Waals surface area (Å²) in [4.78, 5) is 4.50. The third-order valence-corrected chi connectivity index (χ3v) is 3.38. The predicted molar refractivity (Wildman–Crippen MR) is 86.5 cm³/mol. The third kappa shape index (κ3) is 7.38. The standard InChI is InChI=1S/C14H21F2N3.2ClH/c1-18(6-7-19-4-2-17-3-5-19)11-12-8-13(15)10-14(16)9-12;;/h8-10,17H,2-7,11H2,1H3;2*1H. The number of benzene rings is 1. The van der Waals surface area contributed by atoms with Gasteiger partial charge in [-0.1, -0.05) is 0 Å². The van der Waals surface area contributed by atoms with E-state index in [0.29, 0.717) is 12.1 Å². The average molecular weight is 342 g/mol. The van der Waals surface area contributed by atoms with Gasteiger partial charge < -0.3 is 10.2 Å². The first kappa shape index (κ1) is 20.5. The topological polar surface area (TPSA) is 18.5 Å². The van der Waals surface area contributed by atoms with E-state index in [2.05, 4.69) is 15.1 Å². The maximum Gasteiger partial charge on any atom is 0.126 e. The van der Waals surface area contributed by atoms with Gasteiger partial charge in [0.25, 0.3) is 0 Å². The van der Waals surface area contributed by atoms with Crippen LogP contribution in [0.25, 0.3) is 0 Å². The van der Waals surface area contributed by atoms with Crippen molar-refractivity contribution in [3.63, 3.8) is 0 Å². The number of rotatable bonds is 5. The van der Waals surface area contributed by atoms with Gasteiger partial charge in [-0.3, -0.25) is 4.90 Å². The number of halogens is 4. The summed E-state index contributed by atoms with van der Waals surface area (Å²) in [6, 6.07) is 3.69. The molecular weight excluding hydrogens is 319 g/mol. The van der Waals surface area contributed by atoms with Crippen molar-refractivity contribution in [1.29, 1.82) is 0 Å². The zero-order valence-electron chi connectivity index (χ0n) is 12.1. The average Bonchev–Trinajstić information content (AvgIpc) is 2.36. The molecule has 21 heavy (non-hydrogen) atoms. The number of hydrogen-bond acceptors (Lipinski definition) is 3. The van der Waals surface area contributed by atoms with Crippen LogP contribution in [0.1, 0.15) is 5.56 Å². The van der Waals surface area contributed by atoms with E-state index >= 15 is 0 Å². The summed E-state index contributed by atoms with van der Waals surface area (Å²) >= 11 is 0. The van der Waals surface area contributed by atoms with Crippen molar-refractivity contribution in [2.75, 3.05) is 46.3 Å². The van der Waals surface area contributed by atoms with E-state index < -0.39 is 11.6 Å². The number of nitrogens with zero attached hydrogens (tertiary/aromatic N) is 2. The molecule has 2 rings (SSSR count). The van der Waals surface area contributed by atoms with Gasteiger partial charge in [0.2, 0.25) is 0 Å². The highest BCUT2D eigenvalue weighted by molar-refractivity contribution is 5.85. The minimum Gasteiger partial charge on any atom is -0.314 e. The molecule has 3 nitrogen and oxygen atoms in total. The van der Waals surface area contributed by atoms with Crippen molar-refractivity contribution in [2.45, 2.75) is 6.54 Å². The maximum atomic E-state index is 13.1. The lowest BCUT2D eigenvalue weighted by molar-refractivity contribution is 0.202. The second kappa shape index (κ2) is 10.3. The summed E-state index contributed by atoms with van der Waals surface area (Å²) in [7, 11) is 1.98. The second-order valence-electron chi connectivity index (χ2n) is 5.11. The van der Waals surface area contributed by atoms with E-state index in [1.165, 1.54) is 12.1 Å². The number of likely N-dealkylation sites (N-methyl/N-ethyl adjacent to an activating group) is 1. The van der Waals surface area contributed by atoms with Gasteiger partial charge in [-0.25, -0.2) is 8.78 Å². The Hall–Kier alpha value is -0.460. The second-order valence-corrected chi connectivity index (χ2v) is 5.11. The molecule has 1 aromatic carbocycles. The Morgan fingerprint density at radius 3 is 2.24 bits per heavy atom. The van der Waals surface area contributed by atoms with Gasteiger partial charge in [0.05, 0.1) is 0 Å². The molecule has 1 fully saturated rings. The van der Waals surface area contributed by atoms with Gasteiger partial charge in [0.15, 0.2) is 0 Å². The molecule has 0 spiro atoms. The maximum absolute atomic E-state index is 13.1. The van der Waals surface area contributed by atoms with Crippen LogP contribution in [-0.4, -0.2) is 56.1 Å². The van der Waals surface area contributed by atoms with Crippen molar-refractivity contribution >= 4 is 24.8 Å². The highest BCUT2D eigenvalue weighted by Gasteiger charge is 2.10. The molecule has 0 saturated carbocycles. The van der Waals surface area contributed by atoms with Crippen LogP contribution < -0.4 is 5.32 Å². The highest BCUT2D eigenvalue weighted by atomic mass is 35.5. The fourth-order valence-electron chi connectivity index (χ4n) is 2.34. The molecule has 0 aromatic heterocycles. The van der Waals surface area contributed by atoms with Gasteiger partial charge in [0, 0.05) is 51.9 Å². The molecule has 0 unspecified atom stereocenters. The number of piperazine rings is 1. The Labute approximate surface area is 137 Å². The molecule has 0 atom stereocenters. The predicted octanol–water partition coefficient (Wildman–Crippen LogP) is 2.15. The summed E-state index contributed by atoms with van der Waals surface area (Å²) < 4.78 is 26.2. The molecule has 0 amide bonds. The minimum absolute atomic E-state index is 0. The molecule has 1 aliphatic heterocycles. The van der Waals surface area contributed by atoms with Crippen LogP contribution in [0.2, 0.25) is 0 Å². The molecule has 0 bridgehead atoms. The van der Waals surface area contributed by atoms with Crippen LogP contribution in [0.4, 0.5) is 8.78 Å². The number of hydrogen-bond donors (Lipinski definition) is 1. The van der Waals surface area contributed by atoms with Crippen LogP contribution in [0, 0.1) is 11.6 Å². The molecular formula is C14H23Cl2F2N3. The summed E-state index contributed by atoms with van der Waals surface area (Å²) in [5, 5.41) is 3.32. The first-order chi connectivity index (χ1) is 9.13. The molecule has 0 radical (unpaired) electrons. The third-order valence-electron chi connectivity index (χ3n) is 3.38. The van der Waals surface area contributed by atoms with Crippen molar-refractivity contribution in [1.82, 2.24) is 15.1 Å². The van der Waals surface area contributed by atoms with Crippen molar-refractivity contribution in [2.24, 2.45) is 0 Å². The summed E-state index contributed by atoms with van der Waals surface area (Å²) in [6.45, 7) is 6.69. The highest BCUT2D eigenvalue weighted by Crippen LogP contribution is 2.09. The lowest BCUT2D eigenvalue weighted by Crippen LogP contribution is -2.45. The van der Waals surface area contributed by atoms with Crippen molar-refractivity contribution < 1.29 is 8.78 Å². The normalized spacial score (nSPS) is 15.4. The molecule has 1 saturated heterocycles. The lowest BCUT2D eigenvalue weighted by atomic mass is 10.2. The van der Waals surface area contributed by atoms with Gasteiger partial charge in [0.1, 0.15) is 11.6 Å². The first-order valence-corrected chi connectivity index (χ1v) is 6.70. The zero-order chi connectivity index (χ0) is 13.7. The van der Waals surface area contributed by atoms with Gasteiger partial charge in [-0.05, 0) is 24.7 Å². The molecule has 7 heteroatoms. The van der Waals surface area contributed by atoms with E-state index in [0.717, 1.165) is 45.3 Å². The van der Waals surface area contributed by atoms with Crippen molar-refractivity contribution in [3.05, 3.63) is 35.4 Å². The molecule has 1 aliphatic rings. The van der Waals surface area contributed by atoms with Crippen LogP contribution in [0.5, 0.6) is 0 Å². The quantitative estimate of drug-likeness (QED) is 0.885. The van der Waals surface area contributed by atoms with E-state index in [9.17, 15) is 8.78 Å². The Morgan fingerprint density at radius 2 is 1.67 bits per heavy atom. The Bertz CT molecular complexity index is 395. The van der Waals surface area contributed by atoms with E-state index in [-0.39, 0.29) is 24.8 Å². The lowest BCUT2D eigenvalue weighted by Gasteiger charge is -2.29. The van der Waals surface area contributed by atoms with E-state index in [4.69, 9.17) is 0 Å².